The van der Waals surface area contributed by atoms with E-state index in [1.54, 1.807) is 6.92 Å². The van der Waals surface area contributed by atoms with E-state index in [2.05, 4.69) is 14.9 Å². The fourth-order valence-corrected chi connectivity index (χ4v) is 3.32. The van der Waals surface area contributed by atoms with Crippen molar-refractivity contribution in [3.63, 3.8) is 0 Å². The maximum Gasteiger partial charge on any atom is 0.279 e. The van der Waals surface area contributed by atoms with Crippen LogP contribution in [0.15, 0.2) is 4.52 Å². The molecule has 2 rings (SSSR count). The van der Waals surface area contributed by atoms with E-state index in [0.29, 0.717) is 18.9 Å². The molecule has 108 valence electrons. The van der Waals surface area contributed by atoms with E-state index < -0.39 is 10.2 Å². The van der Waals surface area contributed by atoms with Gasteiger partial charge < -0.3 is 9.63 Å². The van der Waals surface area contributed by atoms with Crippen molar-refractivity contribution in [1.82, 2.24) is 19.2 Å². The Kier molecular flexibility index (Phi) is 4.50. The van der Waals surface area contributed by atoms with E-state index in [-0.39, 0.29) is 25.0 Å². The second-order valence-electron chi connectivity index (χ2n) is 4.61. The van der Waals surface area contributed by atoms with Crippen LogP contribution in [0.2, 0.25) is 0 Å². The van der Waals surface area contributed by atoms with Gasteiger partial charge in [0.25, 0.3) is 10.2 Å². The molecule has 2 heterocycles. The van der Waals surface area contributed by atoms with Gasteiger partial charge in [-0.15, -0.1) is 0 Å². The predicted molar refractivity (Wildman–Crippen MR) is 66.2 cm³/mol. The second kappa shape index (κ2) is 5.95. The molecule has 1 fully saturated rings. The first-order chi connectivity index (χ1) is 9.01. The Labute approximate surface area is 112 Å². The molecule has 0 spiro atoms. The molecule has 0 radical (unpaired) electrons. The lowest BCUT2D eigenvalue weighted by Gasteiger charge is -2.30. The third kappa shape index (κ3) is 3.72. The zero-order valence-corrected chi connectivity index (χ0v) is 11.6. The molecule has 1 unspecified atom stereocenters. The summed E-state index contributed by atoms with van der Waals surface area (Å²) in [5.74, 6) is 0.709. The SMILES string of the molecule is Cc1noc(CNS(=O)(=O)N2CCCC(CO)C2)n1. The minimum atomic E-state index is -3.57. The van der Waals surface area contributed by atoms with Crippen LogP contribution < -0.4 is 4.72 Å². The lowest BCUT2D eigenvalue weighted by atomic mass is 10.0. The zero-order valence-electron chi connectivity index (χ0n) is 10.7. The number of hydrogen-bond acceptors (Lipinski definition) is 6. The van der Waals surface area contributed by atoms with Crippen molar-refractivity contribution in [2.45, 2.75) is 26.3 Å². The van der Waals surface area contributed by atoms with E-state index >= 15 is 0 Å². The van der Waals surface area contributed by atoms with Crippen LogP contribution in [0.4, 0.5) is 0 Å². The van der Waals surface area contributed by atoms with Crippen LogP contribution in [-0.4, -0.2) is 47.7 Å². The third-order valence-corrected chi connectivity index (χ3v) is 4.58. The van der Waals surface area contributed by atoms with Crippen molar-refractivity contribution in [2.24, 2.45) is 5.92 Å². The maximum atomic E-state index is 12.1. The minimum absolute atomic E-state index is 0.00880. The topological polar surface area (TPSA) is 109 Å². The summed E-state index contributed by atoms with van der Waals surface area (Å²) in [5.41, 5.74) is 0. The molecule has 0 aromatic carbocycles. The first kappa shape index (κ1) is 14.4. The van der Waals surface area contributed by atoms with Crippen LogP contribution >= 0.6 is 0 Å². The number of piperidine rings is 1. The monoisotopic (exact) mass is 290 g/mol. The summed E-state index contributed by atoms with van der Waals surface area (Å²) in [6, 6.07) is 0. The molecule has 0 saturated carbocycles. The number of nitrogens with one attached hydrogen (secondary N) is 1. The van der Waals surface area contributed by atoms with E-state index in [1.165, 1.54) is 4.31 Å². The summed E-state index contributed by atoms with van der Waals surface area (Å²) in [5, 5.41) is 12.7. The number of aromatic nitrogens is 2. The van der Waals surface area contributed by atoms with E-state index in [1.807, 2.05) is 0 Å². The predicted octanol–water partition coefficient (Wildman–Crippen LogP) is -0.583. The van der Waals surface area contributed by atoms with Gasteiger partial charge in [0, 0.05) is 19.7 Å². The lowest BCUT2D eigenvalue weighted by Crippen LogP contribution is -2.46. The van der Waals surface area contributed by atoms with Crippen molar-refractivity contribution in [2.75, 3.05) is 19.7 Å². The second-order valence-corrected chi connectivity index (χ2v) is 6.37. The number of aliphatic hydroxyl groups excluding tert-OH is 1. The highest BCUT2D eigenvalue weighted by Gasteiger charge is 2.28. The molecule has 19 heavy (non-hydrogen) atoms. The Morgan fingerprint density at radius 3 is 3.00 bits per heavy atom. The molecule has 1 aromatic heterocycles. The summed E-state index contributed by atoms with van der Waals surface area (Å²) < 4.78 is 32.8. The average molecular weight is 290 g/mol. The standard InChI is InChI=1S/C10H18N4O4S/c1-8-12-10(18-13-8)5-11-19(16,17)14-4-2-3-9(6-14)7-15/h9,11,15H,2-7H2,1H3. The Morgan fingerprint density at radius 2 is 2.37 bits per heavy atom. The minimum Gasteiger partial charge on any atom is -0.396 e. The molecule has 8 nitrogen and oxygen atoms in total. The van der Waals surface area contributed by atoms with Crippen LogP contribution in [0.1, 0.15) is 24.6 Å². The Hall–Kier alpha value is -1.03. The average Bonchev–Trinajstić information content (AvgIpc) is 2.82. The maximum absolute atomic E-state index is 12.1. The highest BCUT2D eigenvalue weighted by molar-refractivity contribution is 7.87. The van der Waals surface area contributed by atoms with Gasteiger partial charge in [-0.05, 0) is 25.7 Å². The molecule has 0 aliphatic carbocycles. The summed E-state index contributed by atoms with van der Waals surface area (Å²) >= 11 is 0. The molecule has 1 aliphatic rings. The van der Waals surface area contributed by atoms with Crippen molar-refractivity contribution >= 4 is 10.2 Å². The van der Waals surface area contributed by atoms with Gasteiger partial charge in [-0.2, -0.15) is 22.4 Å². The number of rotatable bonds is 5. The van der Waals surface area contributed by atoms with Crippen LogP contribution in [0.25, 0.3) is 0 Å². The largest absolute Gasteiger partial charge is 0.396 e. The summed E-state index contributed by atoms with van der Waals surface area (Å²) in [6.45, 7) is 2.46. The molecule has 9 heteroatoms. The molecule has 1 aliphatic heterocycles. The van der Waals surface area contributed by atoms with Crippen molar-refractivity contribution in [3.05, 3.63) is 11.7 Å². The quantitative estimate of drug-likeness (QED) is 0.751. The van der Waals surface area contributed by atoms with E-state index in [9.17, 15) is 8.42 Å². The molecule has 1 saturated heterocycles. The number of aliphatic hydroxyl groups is 1. The normalized spacial score (nSPS) is 21.7. The zero-order chi connectivity index (χ0) is 13.9. The van der Waals surface area contributed by atoms with Gasteiger partial charge in [0.05, 0.1) is 6.54 Å². The fourth-order valence-electron chi connectivity index (χ4n) is 2.05. The van der Waals surface area contributed by atoms with Crippen LogP contribution in [0.3, 0.4) is 0 Å². The van der Waals surface area contributed by atoms with Gasteiger partial charge in [0.2, 0.25) is 5.89 Å². The van der Waals surface area contributed by atoms with Gasteiger partial charge in [-0.25, -0.2) is 0 Å². The fraction of sp³-hybridized carbons (Fsp3) is 0.800. The van der Waals surface area contributed by atoms with Gasteiger partial charge in [-0.3, -0.25) is 0 Å². The molecular formula is C10H18N4O4S. The first-order valence-corrected chi connectivity index (χ1v) is 7.60. The van der Waals surface area contributed by atoms with E-state index in [4.69, 9.17) is 9.63 Å². The van der Waals surface area contributed by atoms with Crippen molar-refractivity contribution < 1.29 is 18.0 Å². The summed E-state index contributed by atoms with van der Waals surface area (Å²) in [4.78, 5) is 3.93. The molecule has 2 N–H and O–H groups in total. The Balaban J connectivity index is 1.94. The highest BCUT2D eigenvalue weighted by atomic mass is 32.2. The number of aryl methyl sites for hydroxylation is 1. The molecule has 1 aromatic rings. The highest BCUT2D eigenvalue weighted by Crippen LogP contribution is 2.18. The molecule has 0 amide bonds. The molecule has 1 atom stereocenters. The third-order valence-electron chi connectivity index (χ3n) is 3.06. The van der Waals surface area contributed by atoms with Crippen LogP contribution in [0, 0.1) is 12.8 Å². The molecule has 0 bridgehead atoms. The summed E-state index contributed by atoms with van der Waals surface area (Å²) in [6.07, 6.45) is 1.61. The van der Waals surface area contributed by atoms with Gasteiger partial charge >= 0.3 is 0 Å². The van der Waals surface area contributed by atoms with Gasteiger partial charge in [0.15, 0.2) is 5.82 Å². The molecular weight excluding hydrogens is 272 g/mol. The van der Waals surface area contributed by atoms with Gasteiger partial charge in [-0.1, -0.05) is 5.16 Å². The summed E-state index contributed by atoms with van der Waals surface area (Å²) in [7, 11) is -3.57. The van der Waals surface area contributed by atoms with Crippen LogP contribution in [-0.2, 0) is 16.8 Å². The van der Waals surface area contributed by atoms with Crippen LogP contribution in [0.5, 0.6) is 0 Å². The Bertz CT molecular complexity index is 515. The van der Waals surface area contributed by atoms with Gasteiger partial charge in [0.1, 0.15) is 0 Å². The first-order valence-electron chi connectivity index (χ1n) is 6.16. The Morgan fingerprint density at radius 1 is 1.58 bits per heavy atom. The smallest absolute Gasteiger partial charge is 0.279 e. The number of nitrogens with zero attached hydrogens (tertiary/aromatic N) is 3. The lowest BCUT2D eigenvalue weighted by molar-refractivity contribution is 0.164. The van der Waals surface area contributed by atoms with Crippen molar-refractivity contribution in [3.8, 4) is 0 Å². The van der Waals surface area contributed by atoms with Crippen molar-refractivity contribution in [1.29, 1.82) is 0 Å². The van der Waals surface area contributed by atoms with E-state index in [0.717, 1.165) is 12.8 Å². The number of hydrogen-bond donors (Lipinski definition) is 2.